The molecule has 1 atom stereocenters. The Morgan fingerprint density at radius 3 is 2.14 bits per heavy atom. The number of hydrogen-bond acceptors (Lipinski definition) is 1. The maximum absolute atomic E-state index is 12.9. The lowest BCUT2D eigenvalue weighted by molar-refractivity contribution is -0.136. The summed E-state index contributed by atoms with van der Waals surface area (Å²) in [7, 11) is 0. The molecule has 116 valence electrons. The highest BCUT2D eigenvalue weighted by atomic mass is 19.4. The van der Waals surface area contributed by atoms with Gasteiger partial charge >= 0.3 is 6.18 Å². The zero-order valence-corrected chi connectivity index (χ0v) is 12.4. The van der Waals surface area contributed by atoms with Crippen LogP contribution in [0.1, 0.15) is 39.4 Å². The molecule has 0 aliphatic heterocycles. The average Bonchev–Trinajstić information content (AvgIpc) is 2.43. The van der Waals surface area contributed by atoms with Crippen LogP contribution in [0.25, 0.3) is 0 Å². The highest BCUT2D eigenvalue weighted by molar-refractivity contribution is 6.01. The number of benzene rings is 2. The van der Waals surface area contributed by atoms with Crippen molar-refractivity contribution in [2.24, 2.45) is 0 Å². The summed E-state index contributed by atoms with van der Waals surface area (Å²) < 4.78 is 38.7. The molecule has 0 saturated heterocycles. The summed E-state index contributed by atoms with van der Waals surface area (Å²) in [4.78, 5) is 12.6. The number of alkyl halides is 3. The van der Waals surface area contributed by atoms with Gasteiger partial charge in [-0.25, -0.2) is 0 Å². The van der Waals surface area contributed by atoms with Gasteiger partial charge in [-0.05, 0) is 25.5 Å². The Balaban J connectivity index is 2.42. The number of Topliss-reactive ketones (excluding diaryl/α,β-unsaturated/α-hetero) is 1. The van der Waals surface area contributed by atoms with Gasteiger partial charge in [-0.2, -0.15) is 13.2 Å². The van der Waals surface area contributed by atoms with Crippen LogP contribution in [0, 0.1) is 13.8 Å². The Labute approximate surface area is 127 Å². The lowest BCUT2D eigenvalue weighted by Crippen LogP contribution is -2.21. The predicted molar refractivity (Wildman–Crippen MR) is 80.1 cm³/mol. The number of carbonyl (C=O) groups is 1. The Morgan fingerprint density at radius 2 is 1.59 bits per heavy atom. The molecule has 0 N–H and O–H groups in total. The molecular weight excluding hydrogens is 289 g/mol. The molecule has 0 saturated carbocycles. The number of aryl methyl sites for hydroxylation is 2. The van der Waals surface area contributed by atoms with E-state index in [1.54, 1.807) is 49.4 Å². The van der Waals surface area contributed by atoms with Crippen molar-refractivity contribution < 1.29 is 18.0 Å². The van der Waals surface area contributed by atoms with Crippen molar-refractivity contribution in [2.75, 3.05) is 0 Å². The first kappa shape index (κ1) is 16.3. The van der Waals surface area contributed by atoms with E-state index in [0.717, 1.165) is 11.1 Å². The fourth-order valence-corrected chi connectivity index (χ4v) is 2.48. The lowest BCUT2D eigenvalue weighted by atomic mass is 9.87. The molecule has 0 bridgehead atoms. The van der Waals surface area contributed by atoms with E-state index < -0.39 is 24.3 Å². The molecular formula is C18H17F3O. The summed E-state index contributed by atoms with van der Waals surface area (Å²) >= 11 is 0. The van der Waals surface area contributed by atoms with Gasteiger partial charge in [-0.1, -0.05) is 53.6 Å². The molecule has 0 heterocycles. The number of rotatable bonds is 4. The third-order valence-electron chi connectivity index (χ3n) is 3.50. The van der Waals surface area contributed by atoms with Crippen molar-refractivity contribution in [2.45, 2.75) is 32.4 Å². The second kappa shape index (κ2) is 6.34. The van der Waals surface area contributed by atoms with Crippen LogP contribution in [0.15, 0.2) is 48.5 Å². The molecule has 1 nitrogen and oxygen atoms in total. The second-order valence-electron chi connectivity index (χ2n) is 5.52. The molecule has 0 spiro atoms. The van der Waals surface area contributed by atoms with Crippen molar-refractivity contribution in [1.82, 2.24) is 0 Å². The summed E-state index contributed by atoms with van der Waals surface area (Å²) in [6, 6.07) is 13.4. The van der Waals surface area contributed by atoms with Crippen LogP contribution in [0.2, 0.25) is 0 Å². The largest absolute Gasteiger partial charge is 0.390 e. The molecule has 0 amide bonds. The summed E-state index contributed by atoms with van der Waals surface area (Å²) in [5.74, 6) is -1.70. The number of hydrogen-bond donors (Lipinski definition) is 0. The van der Waals surface area contributed by atoms with E-state index in [4.69, 9.17) is 0 Å². The first-order valence-corrected chi connectivity index (χ1v) is 7.00. The van der Waals surface area contributed by atoms with E-state index >= 15 is 0 Å². The van der Waals surface area contributed by atoms with Gasteiger partial charge in [0.2, 0.25) is 0 Å². The first-order chi connectivity index (χ1) is 10.3. The van der Waals surface area contributed by atoms with E-state index in [0.29, 0.717) is 11.1 Å². The van der Waals surface area contributed by atoms with E-state index in [-0.39, 0.29) is 0 Å². The molecule has 0 fully saturated rings. The van der Waals surface area contributed by atoms with Crippen LogP contribution in [-0.4, -0.2) is 12.0 Å². The van der Waals surface area contributed by atoms with Gasteiger partial charge < -0.3 is 0 Å². The molecule has 2 aromatic carbocycles. The minimum absolute atomic E-state index is 0.316. The van der Waals surface area contributed by atoms with Gasteiger partial charge in [-0.3, -0.25) is 4.79 Å². The zero-order chi connectivity index (χ0) is 16.3. The Hall–Kier alpha value is -2.10. The zero-order valence-electron chi connectivity index (χ0n) is 12.4. The topological polar surface area (TPSA) is 17.1 Å². The van der Waals surface area contributed by atoms with Crippen LogP contribution in [0.3, 0.4) is 0 Å². The average molecular weight is 306 g/mol. The smallest absolute Gasteiger partial charge is 0.293 e. The maximum Gasteiger partial charge on any atom is 0.390 e. The Morgan fingerprint density at radius 1 is 1.00 bits per heavy atom. The van der Waals surface area contributed by atoms with Crippen molar-refractivity contribution in [3.63, 3.8) is 0 Å². The van der Waals surface area contributed by atoms with Crippen LogP contribution in [0.4, 0.5) is 13.2 Å². The quantitative estimate of drug-likeness (QED) is 0.708. The highest BCUT2D eigenvalue weighted by Crippen LogP contribution is 2.34. The minimum atomic E-state index is -4.39. The molecule has 0 aromatic heterocycles. The molecule has 0 radical (unpaired) electrons. The van der Waals surface area contributed by atoms with Gasteiger partial charge in [0.05, 0.1) is 12.3 Å². The van der Waals surface area contributed by atoms with E-state index in [2.05, 4.69) is 0 Å². The SMILES string of the molecule is Cc1cccc(C(=O)[C@H](CC(F)(F)F)c2cccc(C)c2)c1. The maximum atomic E-state index is 12.9. The van der Waals surface area contributed by atoms with Crippen molar-refractivity contribution in [1.29, 1.82) is 0 Å². The van der Waals surface area contributed by atoms with Crippen LogP contribution in [0.5, 0.6) is 0 Å². The summed E-state index contributed by atoms with van der Waals surface area (Å²) in [6.07, 6.45) is -5.54. The predicted octanol–water partition coefficient (Wildman–Crippen LogP) is 5.22. The normalized spacial score (nSPS) is 13.0. The van der Waals surface area contributed by atoms with Crippen LogP contribution in [-0.2, 0) is 0 Å². The van der Waals surface area contributed by atoms with Gasteiger partial charge in [0, 0.05) is 5.56 Å². The van der Waals surface area contributed by atoms with Crippen molar-refractivity contribution in [3.05, 3.63) is 70.8 Å². The van der Waals surface area contributed by atoms with E-state index in [1.807, 2.05) is 13.0 Å². The fraction of sp³-hybridized carbons (Fsp3) is 0.278. The number of ketones is 1. The Bertz CT molecular complexity index is 674. The van der Waals surface area contributed by atoms with E-state index in [1.165, 1.54) is 0 Å². The minimum Gasteiger partial charge on any atom is -0.293 e. The van der Waals surface area contributed by atoms with Gasteiger partial charge in [-0.15, -0.1) is 0 Å². The molecule has 22 heavy (non-hydrogen) atoms. The monoisotopic (exact) mass is 306 g/mol. The van der Waals surface area contributed by atoms with Gasteiger partial charge in [0.1, 0.15) is 0 Å². The molecule has 4 heteroatoms. The molecule has 0 aliphatic rings. The van der Waals surface area contributed by atoms with Crippen molar-refractivity contribution >= 4 is 5.78 Å². The summed E-state index contributed by atoms with van der Waals surface area (Å²) in [6.45, 7) is 3.60. The molecule has 0 aliphatic carbocycles. The molecule has 0 unspecified atom stereocenters. The lowest BCUT2D eigenvalue weighted by Gasteiger charge is -2.19. The summed E-state index contributed by atoms with van der Waals surface area (Å²) in [5, 5.41) is 0. The standard InChI is InChI=1S/C18H17F3O/c1-12-5-3-7-14(9-12)16(11-18(19,20)21)17(22)15-8-4-6-13(2)10-15/h3-10,16H,11H2,1-2H3/t16-/m1/s1. The first-order valence-electron chi connectivity index (χ1n) is 7.00. The Kier molecular flexibility index (Phi) is 4.69. The van der Waals surface area contributed by atoms with Crippen LogP contribution < -0.4 is 0 Å². The number of halogens is 3. The third kappa shape index (κ3) is 4.20. The fourth-order valence-electron chi connectivity index (χ4n) is 2.48. The van der Waals surface area contributed by atoms with Gasteiger partial charge in [0.15, 0.2) is 5.78 Å². The number of carbonyl (C=O) groups excluding carboxylic acids is 1. The highest BCUT2D eigenvalue weighted by Gasteiger charge is 2.36. The molecule has 2 aromatic rings. The van der Waals surface area contributed by atoms with Crippen molar-refractivity contribution in [3.8, 4) is 0 Å². The van der Waals surface area contributed by atoms with Crippen LogP contribution >= 0.6 is 0 Å². The van der Waals surface area contributed by atoms with Gasteiger partial charge in [0.25, 0.3) is 0 Å². The summed E-state index contributed by atoms with van der Waals surface area (Å²) in [5.41, 5.74) is 2.40. The van der Waals surface area contributed by atoms with E-state index in [9.17, 15) is 18.0 Å². The second-order valence-corrected chi connectivity index (χ2v) is 5.52. The molecule has 2 rings (SSSR count). The third-order valence-corrected chi connectivity index (χ3v) is 3.50.